The Morgan fingerprint density at radius 1 is 1.14 bits per heavy atom. The summed E-state index contributed by atoms with van der Waals surface area (Å²) in [5.41, 5.74) is 0.666. The van der Waals surface area contributed by atoms with E-state index in [0.29, 0.717) is 0 Å². The average molecular weight is 323 g/mol. The number of esters is 1. The van der Waals surface area contributed by atoms with Gasteiger partial charge >= 0.3 is 5.97 Å². The molecule has 1 N–H and O–H groups in total. The molecule has 2 rings (SSSR count). The summed E-state index contributed by atoms with van der Waals surface area (Å²) in [6.45, 7) is 1.83. The fourth-order valence-corrected chi connectivity index (χ4v) is 2.83. The first kappa shape index (κ1) is 16.0. The van der Waals surface area contributed by atoms with Gasteiger partial charge in [0, 0.05) is 0 Å². The number of carbonyl (C=O) groups excluding carboxylic acids is 1. The maximum absolute atomic E-state index is 13.9. The van der Waals surface area contributed by atoms with E-state index < -0.39 is 21.8 Å². The first-order valence-electron chi connectivity index (χ1n) is 6.31. The highest BCUT2D eigenvalue weighted by atomic mass is 32.2. The van der Waals surface area contributed by atoms with Gasteiger partial charge in [-0.1, -0.05) is 17.7 Å². The van der Waals surface area contributed by atoms with Gasteiger partial charge in [-0.3, -0.25) is 4.72 Å². The van der Waals surface area contributed by atoms with Crippen LogP contribution < -0.4 is 4.72 Å². The number of methoxy groups -OCH3 is 1. The number of sulfonamides is 1. The molecule has 5 nitrogen and oxygen atoms in total. The van der Waals surface area contributed by atoms with Crippen LogP contribution in [-0.2, 0) is 14.8 Å². The molecule has 0 bridgehead atoms. The number of nitrogens with one attached hydrogen (secondary N) is 1. The number of anilines is 1. The average Bonchev–Trinajstić information content (AvgIpc) is 2.48. The molecule has 0 radical (unpaired) electrons. The highest BCUT2D eigenvalue weighted by Gasteiger charge is 2.17. The van der Waals surface area contributed by atoms with E-state index in [0.717, 1.165) is 11.6 Å². The first-order valence-corrected chi connectivity index (χ1v) is 7.79. The van der Waals surface area contributed by atoms with Gasteiger partial charge in [-0.05, 0) is 37.3 Å². The van der Waals surface area contributed by atoms with Crippen LogP contribution in [0.1, 0.15) is 15.9 Å². The lowest BCUT2D eigenvalue weighted by Gasteiger charge is -2.10. The van der Waals surface area contributed by atoms with Gasteiger partial charge in [0.1, 0.15) is 5.82 Å². The van der Waals surface area contributed by atoms with Gasteiger partial charge in [-0.25, -0.2) is 17.6 Å². The predicted octanol–water partition coefficient (Wildman–Crippen LogP) is 2.72. The summed E-state index contributed by atoms with van der Waals surface area (Å²) >= 11 is 0. The minimum atomic E-state index is -3.90. The molecular weight excluding hydrogens is 309 g/mol. The Kier molecular flexibility index (Phi) is 4.46. The summed E-state index contributed by atoms with van der Waals surface area (Å²) in [5, 5.41) is 0. The Hall–Kier alpha value is -2.41. The second-order valence-electron chi connectivity index (χ2n) is 4.60. The van der Waals surface area contributed by atoms with Crippen molar-refractivity contribution >= 4 is 21.7 Å². The van der Waals surface area contributed by atoms with Gasteiger partial charge in [0.2, 0.25) is 0 Å². The molecule has 22 heavy (non-hydrogen) atoms. The van der Waals surface area contributed by atoms with Crippen LogP contribution in [0.4, 0.5) is 10.1 Å². The smallest absolute Gasteiger partial charge is 0.337 e. The normalized spacial score (nSPS) is 11.0. The van der Waals surface area contributed by atoms with Crippen molar-refractivity contribution in [1.82, 2.24) is 0 Å². The van der Waals surface area contributed by atoms with Crippen molar-refractivity contribution in [3.63, 3.8) is 0 Å². The number of halogens is 1. The molecule has 0 saturated heterocycles. The standard InChI is InChI=1S/C15H14FNO4S/c1-10-3-6-12(7-4-10)22(19,20)17-14-8-5-11(9-13(14)16)15(18)21-2/h3-9,17H,1-2H3. The Morgan fingerprint density at radius 3 is 2.32 bits per heavy atom. The van der Waals surface area contributed by atoms with Crippen LogP contribution in [0.25, 0.3) is 0 Å². The van der Waals surface area contributed by atoms with Crippen LogP contribution in [0.2, 0.25) is 0 Å². The largest absolute Gasteiger partial charge is 0.465 e. The van der Waals surface area contributed by atoms with Crippen molar-refractivity contribution in [2.75, 3.05) is 11.8 Å². The van der Waals surface area contributed by atoms with Crippen molar-refractivity contribution in [2.24, 2.45) is 0 Å². The molecule has 0 fully saturated rings. The molecule has 116 valence electrons. The third-order valence-electron chi connectivity index (χ3n) is 2.97. The van der Waals surface area contributed by atoms with Gasteiger partial charge in [0.25, 0.3) is 10.0 Å². The number of aryl methyl sites for hydroxylation is 1. The SMILES string of the molecule is COC(=O)c1ccc(NS(=O)(=O)c2ccc(C)cc2)c(F)c1. The summed E-state index contributed by atoms with van der Waals surface area (Å²) < 4.78 is 44.9. The molecule has 7 heteroatoms. The number of hydrogen-bond donors (Lipinski definition) is 1. The molecular formula is C15H14FNO4S. The molecule has 0 atom stereocenters. The summed E-state index contributed by atoms with van der Waals surface area (Å²) in [7, 11) is -2.72. The molecule has 0 heterocycles. The van der Waals surface area contributed by atoms with E-state index in [1.54, 1.807) is 12.1 Å². The van der Waals surface area contributed by atoms with E-state index in [-0.39, 0.29) is 16.1 Å². The quantitative estimate of drug-likeness (QED) is 0.878. The highest BCUT2D eigenvalue weighted by molar-refractivity contribution is 7.92. The monoisotopic (exact) mass is 323 g/mol. The maximum Gasteiger partial charge on any atom is 0.337 e. The fourth-order valence-electron chi connectivity index (χ4n) is 1.76. The third-order valence-corrected chi connectivity index (χ3v) is 4.35. The van der Waals surface area contributed by atoms with E-state index in [1.165, 1.54) is 31.4 Å². The summed E-state index contributed by atoms with van der Waals surface area (Å²) in [5.74, 6) is -1.56. The van der Waals surface area contributed by atoms with E-state index >= 15 is 0 Å². The van der Waals surface area contributed by atoms with Crippen molar-refractivity contribution in [1.29, 1.82) is 0 Å². The molecule has 0 aliphatic carbocycles. The number of hydrogen-bond acceptors (Lipinski definition) is 4. The molecule has 0 amide bonds. The zero-order valence-corrected chi connectivity index (χ0v) is 12.8. The van der Waals surface area contributed by atoms with Crippen LogP contribution in [0.5, 0.6) is 0 Å². The summed E-state index contributed by atoms with van der Waals surface area (Å²) in [4.78, 5) is 11.3. The lowest BCUT2D eigenvalue weighted by atomic mass is 10.2. The van der Waals surface area contributed by atoms with Crippen molar-refractivity contribution in [3.8, 4) is 0 Å². The van der Waals surface area contributed by atoms with Crippen LogP contribution in [0, 0.1) is 12.7 Å². The molecule has 0 spiro atoms. The Balaban J connectivity index is 2.30. The first-order chi connectivity index (χ1) is 10.3. The van der Waals surface area contributed by atoms with Crippen molar-refractivity contribution < 1.29 is 22.3 Å². The second kappa shape index (κ2) is 6.15. The zero-order valence-electron chi connectivity index (χ0n) is 12.0. The minimum absolute atomic E-state index is 0.00159. The molecule has 0 aliphatic rings. The molecule has 0 unspecified atom stereocenters. The van der Waals surface area contributed by atoms with Crippen LogP contribution in [0.15, 0.2) is 47.4 Å². The van der Waals surface area contributed by atoms with Crippen LogP contribution in [0.3, 0.4) is 0 Å². The summed E-state index contributed by atoms with van der Waals surface area (Å²) in [6.07, 6.45) is 0. The number of carbonyl (C=O) groups is 1. The zero-order chi connectivity index (χ0) is 16.3. The Morgan fingerprint density at radius 2 is 1.77 bits per heavy atom. The van der Waals surface area contributed by atoms with Gasteiger partial charge in [0.05, 0.1) is 23.3 Å². The predicted molar refractivity (Wildman–Crippen MR) is 79.7 cm³/mol. The Bertz CT molecular complexity index is 801. The van der Waals surface area contributed by atoms with Crippen LogP contribution >= 0.6 is 0 Å². The lowest BCUT2D eigenvalue weighted by molar-refractivity contribution is 0.0600. The third kappa shape index (κ3) is 3.43. The molecule has 2 aromatic carbocycles. The maximum atomic E-state index is 13.9. The molecule has 0 saturated carbocycles. The van der Waals surface area contributed by atoms with E-state index in [4.69, 9.17) is 0 Å². The minimum Gasteiger partial charge on any atom is -0.465 e. The van der Waals surface area contributed by atoms with E-state index in [1.807, 2.05) is 6.92 Å². The van der Waals surface area contributed by atoms with E-state index in [2.05, 4.69) is 9.46 Å². The van der Waals surface area contributed by atoms with Gasteiger partial charge in [-0.2, -0.15) is 0 Å². The molecule has 0 aromatic heterocycles. The number of benzene rings is 2. The second-order valence-corrected chi connectivity index (χ2v) is 6.29. The topological polar surface area (TPSA) is 72.5 Å². The lowest BCUT2D eigenvalue weighted by Crippen LogP contribution is -2.14. The van der Waals surface area contributed by atoms with Gasteiger partial charge in [0.15, 0.2) is 0 Å². The van der Waals surface area contributed by atoms with Crippen molar-refractivity contribution in [2.45, 2.75) is 11.8 Å². The summed E-state index contributed by atoms with van der Waals surface area (Å²) in [6, 6.07) is 9.52. The van der Waals surface area contributed by atoms with Crippen molar-refractivity contribution in [3.05, 3.63) is 59.4 Å². The molecule has 0 aliphatic heterocycles. The van der Waals surface area contributed by atoms with Crippen LogP contribution in [-0.4, -0.2) is 21.5 Å². The fraction of sp³-hybridized carbons (Fsp3) is 0.133. The number of ether oxygens (including phenoxy) is 1. The van der Waals surface area contributed by atoms with E-state index in [9.17, 15) is 17.6 Å². The highest BCUT2D eigenvalue weighted by Crippen LogP contribution is 2.21. The number of rotatable bonds is 4. The Labute approximate surface area is 127 Å². The van der Waals surface area contributed by atoms with Gasteiger partial charge in [-0.15, -0.1) is 0 Å². The van der Waals surface area contributed by atoms with Gasteiger partial charge < -0.3 is 4.74 Å². The molecule has 2 aromatic rings.